The van der Waals surface area contributed by atoms with Gasteiger partial charge < -0.3 is 20.7 Å². The Morgan fingerprint density at radius 3 is 2.86 bits per heavy atom. The number of benzene rings is 1. The van der Waals surface area contributed by atoms with Gasteiger partial charge in [0.1, 0.15) is 17.2 Å². The van der Waals surface area contributed by atoms with Crippen LogP contribution in [0.5, 0.6) is 11.5 Å². The number of nitrogen functional groups attached to an aromatic ring is 1. The van der Waals surface area contributed by atoms with Crippen LogP contribution in [-0.2, 0) is 0 Å². The molecule has 1 aromatic carbocycles. The molecule has 0 aliphatic carbocycles. The quantitative estimate of drug-likeness (QED) is 0.497. The number of aromatic hydroxyl groups is 1. The highest BCUT2D eigenvalue weighted by Gasteiger charge is 2.06. The van der Waals surface area contributed by atoms with Gasteiger partial charge in [0.2, 0.25) is 0 Å². The number of phenolic OH excluding ortho intramolecular Hbond substituents is 1. The first-order valence-electron chi connectivity index (χ1n) is 4.46. The number of para-hydroxylation sites is 1. The van der Waals surface area contributed by atoms with Gasteiger partial charge in [-0.3, -0.25) is 0 Å². The maximum Gasteiger partial charge on any atom is 0.146 e. The Morgan fingerprint density at radius 1 is 1.50 bits per heavy atom. The lowest BCUT2D eigenvalue weighted by Crippen LogP contribution is -2.12. The second kappa shape index (κ2) is 4.72. The standard InChI is InChI=1S/C10H15NO3/c1-7(5-12)6-14-9-4-2-3-8(13)10(9)11/h2-4,7,12-13H,5-6,11H2,1H3. The Balaban J connectivity index is 2.63. The molecule has 0 aliphatic rings. The highest BCUT2D eigenvalue weighted by molar-refractivity contribution is 5.61. The summed E-state index contributed by atoms with van der Waals surface area (Å²) in [4.78, 5) is 0. The Bertz CT molecular complexity index is 301. The molecule has 14 heavy (non-hydrogen) atoms. The van der Waals surface area contributed by atoms with E-state index in [4.69, 9.17) is 15.6 Å². The SMILES string of the molecule is CC(CO)COc1cccc(O)c1N. The van der Waals surface area contributed by atoms with Crippen LogP contribution < -0.4 is 10.5 Å². The monoisotopic (exact) mass is 197 g/mol. The summed E-state index contributed by atoms with van der Waals surface area (Å²) in [5.41, 5.74) is 5.81. The van der Waals surface area contributed by atoms with Gasteiger partial charge in [-0.25, -0.2) is 0 Å². The number of rotatable bonds is 4. The van der Waals surface area contributed by atoms with Gasteiger partial charge in [-0.1, -0.05) is 13.0 Å². The summed E-state index contributed by atoms with van der Waals surface area (Å²) in [5, 5.41) is 18.0. The molecule has 4 N–H and O–H groups in total. The van der Waals surface area contributed by atoms with Gasteiger partial charge in [0.15, 0.2) is 0 Å². The van der Waals surface area contributed by atoms with Crippen molar-refractivity contribution in [1.82, 2.24) is 0 Å². The molecular weight excluding hydrogens is 182 g/mol. The van der Waals surface area contributed by atoms with Crippen LogP contribution in [0.2, 0.25) is 0 Å². The second-order valence-electron chi connectivity index (χ2n) is 3.29. The minimum atomic E-state index is 0.0131. The molecule has 0 spiro atoms. The van der Waals surface area contributed by atoms with Gasteiger partial charge in [0, 0.05) is 12.5 Å². The first-order valence-corrected chi connectivity index (χ1v) is 4.46. The van der Waals surface area contributed by atoms with Crippen LogP contribution in [0.1, 0.15) is 6.92 Å². The fraction of sp³-hybridized carbons (Fsp3) is 0.400. The summed E-state index contributed by atoms with van der Waals surface area (Å²) in [6.07, 6.45) is 0. The molecule has 0 radical (unpaired) electrons. The van der Waals surface area contributed by atoms with Gasteiger partial charge in [-0.2, -0.15) is 0 Å². The first kappa shape index (κ1) is 10.7. The van der Waals surface area contributed by atoms with Gasteiger partial charge in [-0.05, 0) is 12.1 Å². The summed E-state index contributed by atoms with van der Waals surface area (Å²) in [6.45, 7) is 2.31. The lowest BCUT2D eigenvalue weighted by molar-refractivity contribution is 0.174. The van der Waals surface area contributed by atoms with Crippen molar-refractivity contribution in [2.75, 3.05) is 18.9 Å². The average molecular weight is 197 g/mol. The van der Waals surface area contributed by atoms with E-state index < -0.39 is 0 Å². The van der Waals surface area contributed by atoms with Gasteiger partial charge >= 0.3 is 0 Å². The minimum absolute atomic E-state index is 0.0131. The molecule has 0 amide bonds. The highest BCUT2D eigenvalue weighted by Crippen LogP contribution is 2.30. The topological polar surface area (TPSA) is 75.7 Å². The Morgan fingerprint density at radius 2 is 2.21 bits per heavy atom. The van der Waals surface area contributed by atoms with Crippen molar-refractivity contribution >= 4 is 5.69 Å². The summed E-state index contributed by atoms with van der Waals surface area (Å²) >= 11 is 0. The zero-order valence-corrected chi connectivity index (χ0v) is 8.10. The summed E-state index contributed by atoms with van der Waals surface area (Å²) in [7, 11) is 0. The third-order valence-electron chi connectivity index (χ3n) is 1.88. The summed E-state index contributed by atoms with van der Waals surface area (Å²) < 4.78 is 5.33. The van der Waals surface area contributed by atoms with Crippen molar-refractivity contribution in [2.45, 2.75) is 6.92 Å². The number of nitrogens with two attached hydrogens (primary N) is 1. The van der Waals surface area contributed by atoms with Gasteiger partial charge in [-0.15, -0.1) is 0 Å². The number of anilines is 1. The lowest BCUT2D eigenvalue weighted by atomic mass is 10.2. The summed E-state index contributed by atoms with van der Waals surface area (Å²) in [6, 6.07) is 4.83. The fourth-order valence-electron chi connectivity index (χ4n) is 0.943. The van der Waals surface area contributed by atoms with Gasteiger partial charge in [0.25, 0.3) is 0 Å². The Kier molecular flexibility index (Phi) is 3.59. The molecule has 0 heterocycles. The third kappa shape index (κ3) is 2.53. The molecule has 0 fully saturated rings. The van der Waals surface area contributed by atoms with E-state index in [2.05, 4.69) is 0 Å². The molecule has 0 aliphatic heterocycles. The van der Waals surface area contributed by atoms with Crippen molar-refractivity contribution in [2.24, 2.45) is 5.92 Å². The average Bonchev–Trinajstić information content (AvgIpc) is 2.20. The predicted octanol–water partition coefficient (Wildman–Crippen LogP) is 0.982. The molecule has 1 atom stereocenters. The number of hydrogen-bond donors (Lipinski definition) is 3. The molecule has 4 heteroatoms. The third-order valence-corrected chi connectivity index (χ3v) is 1.88. The molecule has 1 rings (SSSR count). The molecule has 1 aromatic rings. The van der Waals surface area contributed by atoms with Crippen molar-refractivity contribution < 1.29 is 14.9 Å². The van der Waals surface area contributed by atoms with Crippen LogP contribution in [0, 0.1) is 5.92 Å². The molecule has 0 saturated carbocycles. The van der Waals surface area contributed by atoms with Crippen LogP contribution in [0.25, 0.3) is 0 Å². The zero-order valence-electron chi connectivity index (χ0n) is 8.10. The Labute approximate surface area is 82.9 Å². The number of phenols is 1. The predicted molar refractivity (Wildman–Crippen MR) is 54.3 cm³/mol. The normalized spacial score (nSPS) is 12.4. The van der Waals surface area contributed by atoms with E-state index in [9.17, 15) is 5.11 Å². The Hall–Kier alpha value is -1.42. The van der Waals surface area contributed by atoms with Crippen LogP contribution in [-0.4, -0.2) is 23.4 Å². The van der Waals surface area contributed by atoms with Crippen LogP contribution in [0.4, 0.5) is 5.69 Å². The minimum Gasteiger partial charge on any atom is -0.506 e. The van der Waals surface area contributed by atoms with Crippen LogP contribution in [0.15, 0.2) is 18.2 Å². The number of ether oxygens (including phenoxy) is 1. The van der Waals surface area contributed by atoms with E-state index >= 15 is 0 Å². The van der Waals surface area contributed by atoms with E-state index in [0.717, 1.165) is 0 Å². The smallest absolute Gasteiger partial charge is 0.146 e. The van der Waals surface area contributed by atoms with Crippen LogP contribution >= 0.6 is 0 Å². The molecule has 0 aromatic heterocycles. The molecule has 4 nitrogen and oxygen atoms in total. The van der Waals surface area contributed by atoms with E-state index in [1.54, 1.807) is 12.1 Å². The van der Waals surface area contributed by atoms with Crippen molar-refractivity contribution in [3.63, 3.8) is 0 Å². The summed E-state index contributed by atoms with van der Waals surface area (Å²) in [5.74, 6) is 0.515. The molecule has 78 valence electrons. The molecular formula is C10H15NO3. The van der Waals surface area contributed by atoms with Gasteiger partial charge in [0.05, 0.1) is 6.61 Å². The van der Waals surface area contributed by atoms with Crippen LogP contribution in [0.3, 0.4) is 0 Å². The number of aliphatic hydroxyl groups excluding tert-OH is 1. The molecule has 0 saturated heterocycles. The van der Waals surface area contributed by atoms with Crippen molar-refractivity contribution in [1.29, 1.82) is 0 Å². The van der Waals surface area contributed by atoms with E-state index in [1.165, 1.54) is 6.07 Å². The van der Waals surface area contributed by atoms with E-state index in [1.807, 2.05) is 6.92 Å². The van der Waals surface area contributed by atoms with E-state index in [-0.39, 0.29) is 24.0 Å². The maximum absolute atomic E-state index is 9.27. The largest absolute Gasteiger partial charge is 0.506 e. The number of hydrogen-bond acceptors (Lipinski definition) is 4. The zero-order chi connectivity index (χ0) is 10.6. The van der Waals surface area contributed by atoms with Crippen molar-refractivity contribution in [3.05, 3.63) is 18.2 Å². The van der Waals surface area contributed by atoms with Crippen molar-refractivity contribution in [3.8, 4) is 11.5 Å². The molecule has 0 bridgehead atoms. The first-order chi connectivity index (χ1) is 6.65. The second-order valence-corrected chi connectivity index (χ2v) is 3.29. The number of aliphatic hydroxyl groups is 1. The van der Waals surface area contributed by atoms with E-state index in [0.29, 0.717) is 12.4 Å². The maximum atomic E-state index is 9.27. The highest BCUT2D eigenvalue weighted by atomic mass is 16.5. The fourth-order valence-corrected chi connectivity index (χ4v) is 0.943. The lowest BCUT2D eigenvalue weighted by Gasteiger charge is -2.12. The molecule has 1 unspecified atom stereocenters.